The van der Waals surface area contributed by atoms with Crippen LogP contribution in [-0.2, 0) is 6.42 Å². The van der Waals surface area contributed by atoms with Gasteiger partial charge in [-0.15, -0.1) is 28.3 Å². The lowest BCUT2D eigenvalue weighted by atomic mass is 10.1. The lowest BCUT2D eigenvalue weighted by Crippen LogP contribution is -2.04. The lowest BCUT2D eigenvalue weighted by Gasteiger charge is -2.02. The minimum Gasteiger partial charge on any atom is -0.361 e. The van der Waals surface area contributed by atoms with E-state index in [9.17, 15) is 0 Å². The van der Waals surface area contributed by atoms with Crippen LogP contribution < -0.4 is 5.32 Å². The van der Waals surface area contributed by atoms with Crippen molar-refractivity contribution in [3.8, 4) is 11.3 Å². The summed E-state index contributed by atoms with van der Waals surface area (Å²) < 4.78 is 0. The van der Waals surface area contributed by atoms with Crippen molar-refractivity contribution in [2.75, 3.05) is 11.9 Å². The summed E-state index contributed by atoms with van der Waals surface area (Å²) in [6, 6.07) is 20.9. The van der Waals surface area contributed by atoms with Crippen LogP contribution in [0, 0.1) is 6.92 Å². The number of nitrogens with one attached hydrogen (secondary N) is 1. The maximum Gasteiger partial charge on any atom is 0.183 e. The molecule has 0 unspecified atom stereocenters. The van der Waals surface area contributed by atoms with Gasteiger partial charge in [-0.2, -0.15) is 0 Å². The molecule has 0 aliphatic rings. The van der Waals surface area contributed by atoms with E-state index in [0.717, 1.165) is 23.8 Å². The smallest absolute Gasteiger partial charge is 0.183 e. The van der Waals surface area contributed by atoms with E-state index in [0.29, 0.717) is 0 Å². The molecule has 3 aromatic rings. The van der Waals surface area contributed by atoms with E-state index in [4.69, 9.17) is 4.98 Å². The van der Waals surface area contributed by atoms with E-state index in [1.54, 1.807) is 11.3 Å². The van der Waals surface area contributed by atoms with Crippen LogP contribution in [0.5, 0.6) is 0 Å². The Balaban J connectivity index is 0.00000176. The molecule has 1 aromatic heterocycles. The van der Waals surface area contributed by atoms with Gasteiger partial charge in [0.2, 0.25) is 0 Å². The molecule has 2 aromatic carbocycles. The van der Waals surface area contributed by atoms with Crippen molar-refractivity contribution < 1.29 is 0 Å². The van der Waals surface area contributed by atoms with Gasteiger partial charge in [0.1, 0.15) is 0 Å². The zero-order valence-corrected chi connectivity index (χ0v) is 15.0. The SMILES string of the molecule is Br.Cc1sc(NCCc2ccccc2)nc1-c1ccccc1. The maximum atomic E-state index is 4.72. The standard InChI is InChI=1S/C18H18N2S.BrH/c1-14-17(16-10-6-3-7-11-16)20-18(21-14)19-13-12-15-8-4-2-5-9-15;/h2-11H,12-13H2,1H3,(H,19,20);1H. The Morgan fingerprint density at radius 2 is 1.59 bits per heavy atom. The second-order valence-corrected chi connectivity index (χ2v) is 6.16. The number of hydrogen-bond donors (Lipinski definition) is 1. The highest BCUT2D eigenvalue weighted by molar-refractivity contribution is 8.93. The van der Waals surface area contributed by atoms with Crippen molar-refractivity contribution in [3.63, 3.8) is 0 Å². The molecule has 0 saturated heterocycles. The van der Waals surface area contributed by atoms with E-state index in [2.05, 4.69) is 60.8 Å². The molecule has 2 nitrogen and oxygen atoms in total. The number of benzene rings is 2. The number of aryl methyl sites for hydroxylation is 1. The first kappa shape index (κ1) is 16.7. The Morgan fingerprint density at radius 1 is 0.955 bits per heavy atom. The van der Waals surface area contributed by atoms with Crippen molar-refractivity contribution in [3.05, 3.63) is 71.1 Å². The maximum absolute atomic E-state index is 4.72. The highest BCUT2D eigenvalue weighted by Crippen LogP contribution is 2.30. The molecule has 22 heavy (non-hydrogen) atoms. The number of nitrogens with zero attached hydrogens (tertiary/aromatic N) is 1. The number of thiazole rings is 1. The molecule has 0 radical (unpaired) electrons. The summed E-state index contributed by atoms with van der Waals surface area (Å²) in [5.41, 5.74) is 3.62. The average Bonchev–Trinajstić information content (AvgIpc) is 2.90. The zero-order valence-electron chi connectivity index (χ0n) is 12.5. The topological polar surface area (TPSA) is 24.9 Å². The summed E-state index contributed by atoms with van der Waals surface area (Å²) in [6.45, 7) is 3.04. The summed E-state index contributed by atoms with van der Waals surface area (Å²) in [5.74, 6) is 0. The van der Waals surface area contributed by atoms with Crippen LogP contribution in [0.4, 0.5) is 5.13 Å². The third-order valence-electron chi connectivity index (χ3n) is 3.38. The van der Waals surface area contributed by atoms with Gasteiger partial charge in [-0.3, -0.25) is 0 Å². The second-order valence-electron chi connectivity index (χ2n) is 4.95. The Labute approximate surface area is 146 Å². The number of halogens is 1. The number of rotatable bonds is 5. The fourth-order valence-electron chi connectivity index (χ4n) is 2.29. The van der Waals surface area contributed by atoms with Gasteiger partial charge in [0.05, 0.1) is 5.69 Å². The minimum atomic E-state index is 0. The van der Waals surface area contributed by atoms with E-state index in [-0.39, 0.29) is 17.0 Å². The second kappa shape index (κ2) is 8.11. The third kappa shape index (κ3) is 4.18. The minimum absolute atomic E-state index is 0. The summed E-state index contributed by atoms with van der Waals surface area (Å²) in [7, 11) is 0. The van der Waals surface area contributed by atoms with Crippen LogP contribution in [0.1, 0.15) is 10.4 Å². The Hall–Kier alpha value is -1.65. The zero-order chi connectivity index (χ0) is 14.5. The number of anilines is 1. The van der Waals surface area contributed by atoms with Gasteiger partial charge >= 0.3 is 0 Å². The fourth-order valence-corrected chi connectivity index (χ4v) is 3.16. The summed E-state index contributed by atoms with van der Waals surface area (Å²) in [4.78, 5) is 5.97. The van der Waals surface area contributed by atoms with Crippen LogP contribution in [-0.4, -0.2) is 11.5 Å². The van der Waals surface area contributed by atoms with E-state index in [1.165, 1.54) is 16.0 Å². The van der Waals surface area contributed by atoms with Crippen LogP contribution in [0.15, 0.2) is 60.7 Å². The lowest BCUT2D eigenvalue weighted by molar-refractivity contribution is 1.02. The normalized spacial score (nSPS) is 10.0. The van der Waals surface area contributed by atoms with Crippen molar-refractivity contribution in [1.29, 1.82) is 0 Å². The predicted molar refractivity (Wildman–Crippen MR) is 101 cm³/mol. The van der Waals surface area contributed by atoms with Crippen molar-refractivity contribution in [1.82, 2.24) is 4.98 Å². The van der Waals surface area contributed by atoms with Gasteiger partial charge in [-0.05, 0) is 18.9 Å². The van der Waals surface area contributed by atoms with Crippen LogP contribution in [0.25, 0.3) is 11.3 Å². The Kier molecular flexibility index (Phi) is 6.16. The Morgan fingerprint density at radius 3 is 2.27 bits per heavy atom. The molecule has 0 bridgehead atoms. The van der Waals surface area contributed by atoms with E-state index in [1.807, 2.05) is 12.1 Å². The summed E-state index contributed by atoms with van der Waals surface area (Å²) >= 11 is 1.72. The first-order valence-electron chi connectivity index (χ1n) is 7.13. The van der Waals surface area contributed by atoms with Crippen molar-refractivity contribution in [2.45, 2.75) is 13.3 Å². The van der Waals surface area contributed by atoms with Crippen molar-refractivity contribution in [2.24, 2.45) is 0 Å². The van der Waals surface area contributed by atoms with Crippen LogP contribution in [0.3, 0.4) is 0 Å². The molecule has 0 saturated carbocycles. The molecular weight excluding hydrogens is 356 g/mol. The first-order chi connectivity index (χ1) is 10.3. The fraction of sp³-hybridized carbons (Fsp3) is 0.167. The Bertz CT molecular complexity index is 696. The van der Waals surface area contributed by atoms with Gasteiger partial charge in [0, 0.05) is 17.0 Å². The average molecular weight is 375 g/mol. The van der Waals surface area contributed by atoms with Gasteiger partial charge in [-0.25, -0.2) is 4.98 Å². The summed E-state index contributed by atoms with van der Waals surface area (Å²) in [5, 5.41) is 4.43. The molecule has 1 heterocycles. The van der Waals surface area contributed by atoms with Gasteiger partial charge < -0.3 is 5.32 Å². The molecule has 3 rings (SSSR count). The molecule has 0 aliphatic heterocycles. The molecule has 1 N–H and O–H groups in total. The van der Waals surface area contributed by atoms with Gasteiger partial charge in [0.25, 0.3) is 0 Å². The van der Waals surface area contributed by atoms with Crippen LogP contribution in [0.2, 0.25) is 0 Å². The van der Waals surface area contributed by atoms with Crippen molar-refractivity contribution >= 4 is 33.4 Å². The highest BCUT2D eigenvalue weighted by atomic mass is 79.9. The molecule has 0 spiro atoms. The molecule has 0 atom stereocenters. The molecule has 0 aliphatic carbocycles. The van der Waals surface area contributed by atoms with Gasteiger partial charge in [-0.1, -0.05) is 60.7 Å². The molecule has 0 amide bonds. The van der Waals surface area contributed by atoms with Gasteiger partial charge in [0.15, 0.2) is 5.13 Å². The van der Waals surface area contributed by atoms with E-state index < -0.39 is 0 Å². The summed E-state index contributed by atoms with van der Waals surface area (Å²) in [6.07, 6.45) is 1.01. The third-order valence-corrected chi connectivity index (χ3v) is 4.31. The van der Waals surface area contributed by atoms with E-state index >= 15 is 0 Å². The monoisotopic (exact) mass is 374 g/mol. The highest BCUT2D eigenvalue weighted by Gasteiger charge is 2.08. The molecule has 0 fully saturated rings. The van der Waals surface area contributed by atoms with Crippen LogP contribution >= 0.6 is 28.3 Å². The predicted octanol–water partition coefficient (Wildman–Crippen LogP) is 5.35. The number of hydrogen-bond acceptors (Lipinski definition) is 3. The molecule has 4 heteroatoms. The molecule has 114 valence electrons. The number of aromatic nitrogens is 1. The first-order valence-corrected chi connectivity index (χ1v) is 7.95. The quantitative estimate of drug-likeness (QED) is 0.650. The molecular formula is C18H19BrN2S. The largest absolute Gasteiger partial charge is 0.361 e.